The zero-order valence-corrected chi connectivity index (χ0v) is 10.9. The minimum atomic E-state index is -0.871. The Morgan fingerprint density at radius 3 is 2.50 bits per heavy atom. The van der Waals surface area contributed by atoms with Crippen LogP contribution in [0.25, 0.3) is 0 Å². The van der Waals surface area contributed by atoms with E-state index in [1.54, 1.807) is 24.3 Å². The molecule has 0 saturated carbocycles. The molecule has 0 atom stereocenters. The molecule has 5 nitrogen and oxygen atoms in total. The first-order valence-electron chi connectivity index (χ1n) is 5.61. The molecular weight excluding hydrogens is 287 g/mol. The normalized spacial score (nSPS) is 10.3. The van der Waals surface area contributed by atoms with Gasteiger partial charge in [-0.3, -0.25) is 10.1 Å². The monoisotopic (exact) mass is 296 g/mol. The van der Waals surface area contributed by atoms with Crippen LogP contribution in [-0.2, 0) is 6.54 Å². The third kappa shape index (κ3) is 3.04. The Bertz CT molecular complexity index is 647. The van der Waals surface area contributed by atoms with Crippen molar-refractivity contribution in [2.75, 3.05) is 0 Å². The summed E-state index contributed by atoms with van der Waals surface area (Å²) in [6, 6.07) is 8.49. The summed E-state index contributed by atoms with van der Waals surface area (Å²) in [6.45, 7) is 0.378. The fraction of sp³-hybridized carbons (Fsp3) is 0.0769. The zero-order chi connectivity index (χ0) is 14.7. The maximum Gasteiger partial charge on any atom is 0.314 e. The molecule has 0 radical (unpaired) electrons. The van der Waals surface area contributed by atoms with Gasteiger partial charge in [-0.1, -0.05) is 23.7 Å². The largest absolute Gasteiger partial charge is 0.450 e. The van der Waals surface area contributed by atoms with Crippen LogP contribution in [0, 0.1) is 15.9 Å². The molecule has 0 amide bonds. The van der Waals surface area contributed by atoms with E-state index in [2.05, 4.69) is 0 Å². The van der Waals surface area contributed by atoms with Crippen LogP contribution in [0.5, 0.6) is 11.5 Å². The molecule has 0 fully saturated rings. The number of benzene rings is 2. The second kappa shape index (κ2) is 5.85. The fourth-order valence-electron chi connectivity index (χ4n) is 1.56. The van der Waals surface area contributed by atoms with Crippen LogP contribution in [-0.4, -0.2) is 4.92 Å². The van der Waals surface area contributed by atoms with E-state index in [4.69, 9.17) is 22.1 Å². The van der Waals surface area contributed by atoms with E-state index >= 15 is 0 Å². The first-order valence-corrected chi connectivity index (χ1v) is 5.99. The third-order valence-corrected chi connectivity index (χ3v) is 2.88. The minimum absolute atomic E-state index is 0.123. The Morgan fingerprint density at radius 1 is 1.30 bits per heavy atom. The summed E-state index contributed by atoms with van der Waals surface area (Å²) in [5.74, 6) is -0.626. The molecule has 0 aromatic heterocycles. The highest BCUT2D eigenvalue weighted by Crippen LogP contribution is 2.35. The van der Waals surface area contributed by atoms with Crippen molar-refractivity contribution in [3.05, 3.63) is 62.9 Å². The molecule has 0 saturated heterocycles. The summed E-state index contributed by atoms with van der Waals surface area (Å²) >= 11 is 5.61. The third-order valence-electron chi connectivity index (χ3n) is 2.59. The second-order valence-corrected chi connectivity index (χ2v) is 4.35. The molecule has 0 heterocycles. The Hall–Kier alpha value is -2.18. The minimum Gasteiger partial charge on any atom is -0.450 e. The van der Waals surface area contributed by atoms with Gasteiger partial charge in [-0.2, -0.15) is 0 Å². The number of ether oxygens (including phenoxy) is 1. The predicted molar refractivity (Wildman–Crippen MR) is 72.5 cm³/mol. The molecule has 0 spiro atoms. The highest BCUT2D eigenvalue weighted by molar-refractivity contribution is 6.31. The van der Waals surface area contributed by atoms with Crippen LogP contribution in [0.4, 0.5) is 10.1 Å². The van der Waals surface area contributed by atoms with E-state index in [-0.39, 0.29) is 10.8 Å². The van der Waals surface area contributed by atoms with Gasteiger partial charge >= 0.3 is 5.69 Å². The topological polar surface area (TPSA) is 78.4 Å². The van der Waals surface area contributed by atoms with E-state index in [0.29, 0.717) is 12.3 Å². The fourth-order valence-corrected chi connectivity index (χ4v) is 1.72. The summed E-state index contributed by atoms with van der Waals surface area (Å²) in [5.41, 5.74) is 5.87. The lowest BCUT2D eigenvalue weighted by molar-refractivity contribution is -0.385. The van der Waals surface area contributed by atoms with Crippen LogP contribution < -0.4 is 10.5 Å². The lowest BCUT2D eigenvalue weighted by Crippen LogP contribution is -1.97. The highest BCUT2D eigenvalue weighted by atomic mass is 35.5. The van der Waals surface area contributed by atoms with Crippen LogP contribution in [0.2, 0.25) is 5.02 Å². The Labute approximate surface area is 118 Å². The molecule has 0 unspecified atom stereocenters. The van der Waals surface area contributed by atoms with Gasteiger partial charge in [-0.15, -0.1) is 0 Å². The van der Waals surface area contributed by atoms with Gasteiger partial charge in [0, 0.05) is 12.6 Å². The summed E-state index contributed by atoms with van der Waals surface area (Å²) in [5, 5.41) is 10.6. The van der Waals surface area contributed by atoms with Gasteiger partial charge in [0.05, 0.1) is 16.0 Å². The number of hydrogen-bond acceptors (Lipinski definition) is 4. The molecule has 2 aromatic carbocycles. The number of nitro benzene ring substituents is 1. The SMILES string of the molecule is NCc1ccc(Oc2cc(Cl)c(F)cc2[N+](=O)[O-])cc1. The van der Waals surface area contributed by atoms with Crippen molar-refractivity contribution >= 4 is 17.3 Å². The molecule has 0 aliphatic heterocycles. The Balaban J connectivity index is 2.36. The van der Waals surface area contributed by atoms with Gasteiger partial charge in [-0.25, -0.2) is 4.39 Å². The first-order chi connectivity index (χ1) is 9.51. The summed E-state index contributed by atoms with van der Waals surface area (Å²) in [7, 11) is 0. The van der Waals surface area contributed by atoms with Crippen molar-refractivity contribution in [3.8, 4) is 11.5 Å². The molecule has 2 aromatic rings. The molecule has 0 bridgehead atoms. The van der Waals surface area contributed by atoms with Crippen LogP contribution >= 0.6 is 11.6 Å². The molecule has 2 N–H and O–H groups in total. The van der Waals surface area contributed by atoms with Gasteiger partial charge in [0.2, 0.25) is 5.75 Å². The quantitative estimate of drug-likeness (QED) is 0.690. The van der Waals surface area contributed by atoms with E-state index < -0.39 is 16.4 Å². The average molecular weight is 297 g/mol. The van der Waals surface area contributed by atoms with Crippen LogP contribution in [0.1, 0.15) is 5.56 Å². The summed E-state index contributed by atoms with van der Waals surface area (Å²) in [4.78, 5) is 10.1. The maximum atomic E-state index is 13.3. The van der Waals surface area contributed by atoms with Gasteiger partial charge < -0.3 is 10.5 Å². The van der Waals surface area contributed by atoms with Crippen LogP contribution in [0.3, 0.4) is 0 Å². The predicted octanol–water partition coefficient (Wildman–Crippen LogP) is 3.64. The Kier molecular flexibility index (Phi) is 4.16. The van der Waals surface area contributed by atoms with E-state index in [0.717, 1.165) is 17.7 Å². The first kappa shape index (κ1) is 14.2. The van der Waals surface area contributed by atoms with Crippen molar-refractivity contribution < 1.29 is 14.1 Å². The lowest BCUT2D eigenvalue weighted by Gasteiger charge is -2.07. The number of halogens is 2. The molecule has 2 rings (SSSR count). The average Bonchev–Trinajstić information content (AvgIpc) is 2.43. The lowest BCUT2D eigenvalue weighted by atomic mass is 10.2. The number of nitro groups is 1. The van der Waals surface area contributed by atoms with Crippen molar-refractivity contribution in [3.63, 3.8) is 0 Å². The standard InChI is InChI=1S/C13H10ClFN2O3/c14-10-5-13(12(17(18)19)6-11(10)15)20-9-3-1-8(7-16)2-4-9/h1-6H,7,16H2. The number of nitrogens with two attached hydrogens (primary N) is 1. The van der Waals surface area contributed by atoms with Gasteiger partial charge in [0.1, 0.15) is 11.6 Å². The maximum absolute atomic E-state index is 13.3. The smallest absolute Gasteiger partial charge is 0.314 e. The van der Waals surface area contributed by atoms with E-state index in [9.17, 15) is 14.5 Å². The highest BCUT2D eigenvalue weighted by Gasteiger charge is 2.19. The van der Waals surface area contributed by atoms with Crippen molar-refractivity contribution in [1.82, 2.24) is 0 Å². The Morgan fingerprint density at radius 2 is 1.95 bits per heavy atom. The van der Waals surface area contributed by atoms with Crippen molar-refractivity contribution in [2.24, 2.45) is 5.73 Å². The summed E-state index contributed by atoms with van der Waals surface area (Å²) < 4.78 is 18.6. The van der Waals surface area contributed by atoms with Gasteiger partial charge in [0.25, 0.3) is 0 Å². The molecule has 7 heteroatoms. The van der Waals surface area contributed by atoms with E-state index in [1.165, 1.54) is 0 Å². The molecule has 104 valence electrons. The zero-order valence-electron chi connectivity index (χ0n) is 10.2. The van der Waals surface area contributed by atoms with Crippen molar-refractivity contribution in [2.45, 2.75) is 6.54 Å². The second-order valence-electron chi connectivity index (χ2n) is 3.94. The van der Waals surface area contributed by atoms with E-state index in [1.807, 2.05) is 0 Å². The summed E-state index contributed by atoms with van der Waals surface area (Å²) in [6.07, 6.45) is 0. The van der Waals surface area contributed by atoms with Gasteiger partial charge in [0.15, 0.2) is 0 Å². The van der Waals surface area contributed by atoms with Crippen molar-refractivity contribution in [1.29, 1.82) is 0 Å². The van der Waals surface area contributed by atoms with Gasteiger partial charge in [-0.05, 0) is 17.7 Å². The number of rotatable bonds is 4. The molecule has 20 heavy (non-hydrogen) atoms. The molecular formula is C13H10ClFN2O3. The number of hydrogen-bond donors (Lipinski definition) is 1. The number of nitrogens with zero attached hydrogens (tertiary/aromatic N) is 1. The van der Waals surface area contributed by atoms with Crippen LogP contribution in [0.15, 0.2) is 36.4 Å². The molecule has 0 aliphatic carbocycles. The molecule has 0 aliphatic rings.